The SMILES string of the molecule is FC(F)(F)c1ccc(C2CC(c3cccs3)=Nc3nnnn32)cc1. The van der Waals surface area contributed by atoms with E-state index in [9.17, 15) is 13.2 Å². The normalized spacial score (nSPS) is 17.5. The molecule has 24 heavy (non-hydrogen) atoms. The van der Waals surface area contributed by atoms with Crippen LogP contribution in [0.15, 0.2) is 46.8 Å². The van der Waals surface area contributed by atoms with Gasteiger partial charge < -0.3 is 0 Å². The van der Waals surface area contributed by atoms with E-state index in [4.69, 9.17) is 0 Å². The zero-order chi connectivity index (χ0) is 16.7. The topological polar surface area (TPSA) is 56.0 Å². The molecule has 0 bridgehead atoms. The van der Waals surface area contributed by atoms with Crippen LogP contribution < -0.4 is 0 Å². The first-order valence-corrected chi connectivity index (χ1v) is 7.97. The number of halogens is 3. The van der Waals surface area contributed by atoms with Crippen molar-refractivity contribution in [1.82, 2.24) is 20.2 Å². The summed E-state index contributed by atoms with van der Waals surface area (Å²) in [5, 5.41) is 13.4. The highest BCUT2D eigenvalue weighted by atomic mass is 32.1. The summed E-state index contributed by atoms with van der Waals surface area (Å²) in [4.78, 5) is 5.46. The fourth-order valence-corrected chi connectivity index (χ4v) is 3.38. The van der Waals surface area contributed by atoms with E-state index < -0.39 is 11.7 Å². The van der Waals surface area contributed by atoms with Crippen LogP contribution in [0.25, 0.3) is 0 Å². The van der Waals surface area contributed by atoms with Gasteiger partial charge in [-0.15, -0.1) is 11.3 Å². The van der Waals surface area contributed by atoms with Crippen molar-refractivity contribution in [1.29, 1.82) is 0 Å². The maximum atomic E-state index is 12.7. The minimum Gasteiger partial charge on any atom is -0.213 e. The van der Waals surface area contributed by atoms with E-state index in [0.717, 1.165) is 22.7 Å². The number of aliphatic imine (C=N–C) groups is 1. The number of nitrogens with zero attached hydrogens (tertiary/aromatic N) is 5. The second-order valence-corrected chi connectivity index (χ2v) is 6.25. The van der Waals surface area contributed by atoms with E-state index in [2.05, 4.69) is 20.5 Å². The van der Waals surface area contributed by atoms with Gasteiger partial charge in [-0.1, -0.05) is 23.3 Å². The number of thiophene rings is 1. The molecule has 1 unspecified atom stereocenters. The molecule has 1 aromatic carbocycles. The lowest BCUT2D eigenvalue weighted by atomic mass is 9.98. The van der Waals surface area contributed by atoms with Crippen molar-refractivity contribution in [3.05, 3.63) is 57.8 Å². The van der Waals surface area contributed by atoms with Crippen LogP contribution in [0, 0.1) is 0 Å². The molecule has 9 heteroatoms. The van der Waals surface area contributed by atoms with Crippen molar-refractivity contribution in [2.24, 2.45) is 4.99 Å². The summed E-state index contributed by atoms with van der Waals surface area (Å²) >= 11 is 1.55. The highest BCUT2D eigenvalue weighted by Gasteiger charge is 2.31. The van der Waals surface area contributed by atoms with Gasteiger partial charge in [0.05, 0.1) is 17.3 Å². The quantitative estimate of drug-likeness (QED) is 0.706. The third-order valence-electron chi connectivity index (χ3n) is 3.82. The number of hydrogen-bond donors (Lipinski definition) is 0. The van der Waals surface area contributed by atoms with Crippen LogP contribution in [-0.4, -0.2) is 25.9 Å². The first kappa shape index (κ1) is 15.0. The molecule has 0 fully saturated rings. The summed E-state index contributed by atoms with van der Waals surface area (Å²) in [6.07, 6.45) is -3.83. The fraction of sp³-hybridized carbons (Fsp3) is 0.200. The Morgan fingerprint density at radius 3 is 2.58 bits per heavy atom. The number of aromatic nitrogens is 4. The van der Waals surface area contributed by atoms with E-state index in [0.29, 0.717) is 17.9 Å². The summed E-state index contributed by atoms with van der Waals surface area (Å²) in [6, 6.07) is 8.69. The zero-order valence-corrected chi connectivity index (χ0v) is 12.9. The Hall–Kier alpha value is -2.55. The molecule has 3 heterocycles. The predicted molar refractivity (Wildman–Crippen MR) is 82.5 cm³/mol. The molecule has 1 aliphatic rings. The van der Waals surface area contributed by atoms with Crippen LogP contribution in [-0.2, 0) is 6.18 Å². The van der Waals surface area contributed by atoms with Gasteiger partial charge in [-0.05, 0) is 39.6 Å². The van der Waals surface area contributed by atoms with Crippen molar-refractivity contribution in [3.8, 4) is 0 Å². The summed E-state index contributed by atoms with van der Waals surface area (Å²) in [5.74, 6) is 0.356. The molecule has 122 valence electrons. The summed E-state index contributed by atoms with van der Waals surface area (Å²) in [7, 11) is 0. The molecule has 3 aromatic rings. The molecule has 1 atom stereocenters. The van der Waals surface area contributed by atoms with E-state index in [-0.39, 0.29) is 6.04 Å². The van der Waals surface area contributed by atoms with Crippen molar-refractivity contribution in [3.63, 3.8) is 0 Å². The van der Waals surface area contributed by atoms with Gasteiger partial charge in [-0.3, -0.25) is 0 Å². The van der Waals surface area contributed by atoms with Crippen molar-refractivity contribution in [2.75, 3.05) is 0 Å². The lowest BCUT2D eigenvalue weighted by molar-refractivity contribution is -0.137. The first-order valence-electron chi connectivity index (χ1n) is 7.09. The highest BCUT2D eigenvalue weighted by Crippen LogP contribution is 2.35. The summed E-state index contributed by atoms with van der Waals surface area (Å²) < 4.78 is 39.8. The second kappa shape index (κ2) is 5.52. The smallest absolute Gasteiger partial charge is 0.213 e. The van der Waals surface area contributed by atoms with E-state index in [1.165, 1.54) is 12.1 Å². The molecule has 4 rings (SSSR count). The fourth-order valence-electron chi connectivity index (χ4n) is 2.65. The molecule has 1 aliphatic heterocycles. The van der Waals surface area contributed by atoms with Gasteiger partial charge in [0.15, 0.2) is 0 Å². The minimum absolute atomic E-state index is 0.285. The summed E-state index contributed by atoms with van der Waals surface area (Å²) in [6.45, 7) is 0. The Labute approximate surface area is 138 Å². The Balaban J connectivity index is 1.72. The van der Waals surface area contributed by atoms with Crippen LogP contribution >= 0.6 is 11.3 Å². The van der Waals surface area contributed by atoms with Crippen LogP contribution in [0.5, 0.6) is 0 Å². The average Bonchev–Trinajstić information content (AvgIpc) is 3.24. The third-order valence-corrected chi connectivity index (χ3v) is 4.74. The average molecular weight is 349 g/mol. The lowest BCUT2D eigenvalue weighted by Gasteiger charge is -2.22. The van der Waals surface area contributed by atoms with Crippen molar-refractivity contribution in [2.45, 2.75) is 18.6 Å². The van der Waals surface area contributed by atoms with Crippen LogP contribution in [0.2, 0.25) is 0 Å². The van der Waals surface area contributed by atoms with E-state index >= 15 is 0 Å². The highest BCUT2D eigenvalue weighted by molar-refractivity contribution is 7.12. The maximum absolute atomic E-state index is 12.7. The lowest BCUT2D eigenvalue weighted by Crippen LogP contribution is -2.21. The number of tetrazole rings is 1. The van der Waals surface area contributed by atoms with E-state index in [1.807, 2.05) is 17.5 Å². The van der Waals surface area contributed by atoms with Gasteiger partial charge in [0.1, 0.15) is 0 Å². The molecule has 0 radical (unpaired) electrons. The second-order valence-electron chi connectivity index (χ2n) is 5.30. The molecule has 0 N–H and O–H groups in total. The van der Waals surface area contributed by atoms with Crippen LogP contribution in [0.1, 0.15) is 28.5 Å². The molecular formula is C15H10F3N5S. The number of fused-ring (bicyclic) bond motifs is 1. The Morgan fingerprint density at radius 1 is 1.12 bits per heavy atom. The number of hydrogen-bond acceptors (Lipinski definition) is 5. The standard InChI is InChI=1S/C15H10F3N5S/c16-15(17,18)10-5-3-9(4-6-10)12-8-11(13-2-1-7-24-13)19-14-20-21-22-23(12)14/h1-7,12H,8H2. The van der Waals surface area contributed by atoms with Gasteiger partial charge in [-0.25, -0.2) is 9.67 Å². The summed E-state index contributed by atoms with van der Waals surface area (Å²) in [5.41, 5.74) is 0.865. The Bertz CT molecular complexity index is 881. The minimum atomic E-state index is -4.35. The maximum Gasteiger partial charge on any atom is 0.416 e. The zero-order valence-electron chi connectivity index (χ0n) is 12.1. The molecule has 2 aromatic heterocycles. The molecule has 0 spiro atoms. The van der Waals surface area contributed by atoms with Crippen LogP contribution in [0.3, 0.4) is 0 Å². The van der Waals surface area contributed by atoms with Gasteiger partial charge in [0.25, 0.3) is 5.95 Å². The van der Waals surface area contributed by atoms with Gasteiger partial charge in [-0.2, -0.15) is 13.2 Å². The number of rotatable bonds is 2. The van der Waals surface area contributed by atoms with Gasteiger partial charge in [0, 0.05) is 11.3 Å². The molecule has 0 aliphatic carbocycles. The molecule has 0 saturated carbocycles. The van der Waals surface area contributed by atoms with Crippen LogP contribution in [0.4, 0.5) is 19.1 Å². The Morgan fingerprint density at radius 2 is 1.92 bits per heavy atom. The number of benzene rings is 1. The van der Waals surface area contributed by atoms with Gasteiger partial charge >= 0.3 is 6.18 Å². The third kappa shape index (κ3) is 2.60. The van der Waals surface area contributed by atoms with E-state index in [1.54, 1.807) is 16.0 Å². The number of alkyl halides is 3. The molecule has 0 saturated heterocycles. The molecule has 5 nitrogen and oxygen atoms in total. The van der Waals surface area contributed by atoms with Gasteiger partial charge in [0.2, 0.25) is 0 Å². The molecule has 0 amide bonds. The van der Waals surface area contributed by atoms with Crippen molar-refractivity contribution >= 4 is 23.0 Å². The monoisotopic (exact) mass is 349 g/mol. The molecular weight excluding hydrogens is 339 g/mol. The Kier molecular flexibility index (Phi) is 3.45. The predicted octanol–water partition coefficient (Wildman–Crippen LogP) is 3.87. The first-order chi connectivity index (χ1) is 11.5. The largest absolute Gasteiger partial charge is 0.416 e. The van der Waals surface area contributed by atoms with Crippen molar-refractivity contribution < 1.29 is 13.2 Å².